The molecule has 0 saturated carbocycles. The minimum Gasteiger partial charge on any atom is -0.481 e. The van der Waals surface area contributed by atoms with Gasteiger partial charge in [0.15, 0.2) is 0 Å². The Morgan fingerprint density at radius 2 is 2.33 bits per heavy atom. The van der Waals surface area contributed by atoms with Crippen LogP contribution in [0, 0.1) is 5.41 Å². The molecular formula is C11H16N2O2. The van der Waals surface area contributed by atoms with E-state index in [0.29, 0.717) is 0 Å². The molecule has 1 rings (SSSR count). The first-order chi connectivity index (χ1) is 6.93. The van der Waals surface area contributed by atoms with Crippen LogP contribution in [0.3, 0.4) is 0 Å². The van der Waals surface area contributed by atoms with Crippen molar-refractivity contribution in [1.82, 2.24) is 4.98 Å². The maximum atomic E-state index is 10.7. The first-order valence-corrected chi connectivity index (χ1v) is 4.81. The van der Waals surface area contributed by atoms with E-state index in [2.05, 4.69) is 4.98 Å². The van der Waals surface area contributed by atoms with Gasteiger partial charge >= 0.3 is 5.97 Å². The average molecular weight is 208 g/mol. The van der Waals surface area contributed by atoms with Crippen molar-refractivity contribution in [2.45, 2.75) is 26.3 Å². The van der Waals surface area contributed by atoms with Crippen LogP contribution < -0.4 is 5.73 Å². The molecule has 0 amide bonds. The molecule has 3 N–H and O–H groups in total. The van der Waals surface area contributed by atoms with E-state index < -0.39 is 11.4 Å². The summed E-state index contributed by atoms with van der Waals surface area (Å²) in [4.78, 5) is 14.7. The Morgan fingerprint density at radius 3 is 2.80 bits per heavy atom. The number of pyridine rings is 1. The van der Waals surface area contributed by atoms with E-state index >= 15 is 0 Å². The minimum atomic E-state index is -0.834. The molecule has 4 heteroatoms. The van der Waals surface area contributed by atoms with Crippen molar-refractivity contribution in [3.63, 3.8) is 0 Å². The van der Waals surface area contributed by atoms with Gasteiger partial charge in [0, 0.05) is 18.4 Å². The third-order valence-electron chi connectivity index (χ3n) is 2.49. The predicted molar refractivity (Wildman–Crippen MR) is 57.2 cm³/mol. The lowest BCUT2D eigenvalue weighted by Crippen LogP contribution is -2.31. The summed E-state index contributed by atoms with van der Waals surface area (Å²) in [5, 5.41) is 8.77. The van der Waals surface area contributed by atoms with Gasteiger partial charge in [-0.2, -0.15) is 0 Å². The number of rotatable bonds is 4. The summed E-state index contributed by atoms with van der Waals surface area (Å²) < 4.78 is 0. The monoisotopic (exact) mass is 208 g/mol. The molecule has 0 saturated heterocycles. The second kappa shape index (κ2) is 4.40. The standard InChI is InChI=1S/C11H16N2O2/c1-11(2,6-9(14)15)10(12)8-4-3-5-13-7-8/h3-5,7,10H,6,12H2,1-2H3,(H,14,15). The molecule has 0 fully saturated rings. The van der Waals surface area contributed by atoms with Crippen LogP contribution in [-0.4, -0.2) is 16.1 Å². The Bertz CT molecular complexity index is 336. The lowest BCUT2D eigenvalue weighted by molar-refractivity contribution is -0.139. The number of aliphatic carboxylic acids is 1. The number of hydrogen-bond donors (Lipinski definition) is 2. The number of carbonyl (C=O) groups is 1. The molecule has 0 aliphatic heterocycles. The van der Waals surface area contributed by atoms with Crippen LogP contribution in [0.5, 0.6) is 0 Å². The van der Waals surface area contributed by atoms with Gasteiger partial charge in [0.1, 0.15) is 0 Å². The molecule has 1 heterocycles. The number of nitrogens with zero attached hydrogens (tertiary/aromatic N) is 1. The summed E-state index contributed by atoms with van der Waals surface area (Å²) in [7, 11) is 0. The molecule has 0 bridgehead atoms. The number of nitrogens with two attached hydrogens (primary N) is 1. The maximum Gasteiger partial charge on any atom is 0.303 e. The molecule has 0 aliphatic rings. The Balaban J connectivity index is 2.84. The van der Waals surface area contributed by atoms with Crippen molar-refractivity contribution in [3.05, 3.63) is 30.1 Å². The van der Waals surface area contributed by atoms with E-state index in [1.54, 1.807) is 18.5 Å². The number of aromatic nitrogens is 1. The summed E-state index contributed by atoms with van der Waals surface area (Å²) in [6, 6.07) is 3.34. The van der Waals surface area contributed by atoms with Gasteiger partial charge in [-0.1, -0.05) is 19.9 Å². The van der Waals surface area contributed by atoms with E-state index in [0.717, 1.165) is 5.56 Å². The number of hydrogen-bond acceptors (Lipinski definition) is 3. The molecule has 1 unspecified atom stereocenters. The Kier molecular flexibility index (Phi) is 3.42. The minimum absolute atomic E-state index is 0.0447. The smallest absolute Gasteiger partial charge is 0.303 e. The van der Waals surface area contributed by atoms with Crippen molar-refractivity contribution < 1.29 is 9.90 Å². The molecule has 0 spiro atoms. The van der Waals surface area contributed by atoms with Gasteiger partial charge in [-0.3, -0.25) is 9.78 Å². The number of carboxylic acid groups (broad SMARTS) is 1. The Morgan fingerprint density at radius 1 is 1.67 bits per heavy atom. The molecule has 0 aromatic carbocycles. The molecule has 15 heavy (non-hydrogen) atoms. The van der Waals surface area contributed by atoms with Gasteiger partial charge in [-0.15, -0.1) is 0 Å². The normalized spacial score (nSPS) is 13.5. The first kappa shape index (κ1) is 11.7. The van der Waals surface area contributed by atoms with Gasteiger partial charge in [-0.05, 0) is 17.0 Å². The molecule has 1 aromatic heterocycles. The zero-order valence-electron chi connectivity index (χ0n) is 8.97. The van der Waals surface area contributed by atoms with Crippen LogP contribution in [0.2, 0.25) is 0 Å². The first-order valence-electron chi connectivity index (χ1n) is 4.81. The summed E-state index contributed by atoms with van der Waals surface area (Å²) >= 11 is 0. The second-order valence-corrected chi connectivity index (χ2v) is 4.32. The number of carboxylic acids is 1. The van der Waals surface area contributed by atoms with E-state index in [9.17, 15) is 4.79 Å². The average Bonchev–Trinajstić information content (AvgIpc) is 2.16. The van der Waals surface area contributed by atoms with Gasteiger partial charge in [-0.25, -0.2) is 0 Å². The van der Waals surface area contributed by atoms with Gasteiger partial charge in [0.25, 0.3) is 0 Å². The molecule has 0 aliphatic carbocycles. The highest BCUT2D eigenvalue weighted by Crippen LogP contribution is 2.33. The molecule has 4 nitrogen and oxygen atoms in total. The van der Waals surface area contributed by atoms with Crippen molar-refractivity contribution >= 4 is 5.97 Å². The van der Waals surface area contributed by atoms with Crippen molar-refractivity contribution in [1.29, 1.82) is 0 Å². The summed E-state index contributed by atoms with van der Waals surface area (Å²) in [6.07, 6.45) is 3.39. The van der Waals surface area contributed by atoms with E-state index in [-0.39, 0.29) is 12.5 Å². The lowest BCUT2D eigenvalue weighted by Gasteiger charge is -2.30. The topological polar surface area (TPSA) is 76.2 Å². The van der Waals surface area contributed by atoms with E-state index in [4.69, 9.17) is 10.8 Å². The molecule has 1 atom stereocenters. The van der Waals surface area contributed by atoms with Crippen LogP contribution in [0.4, 0.5) is 0 Å². The fourth-order valence-corrected chi connectivity index (χ4v) is 1.51. The van der Waals surface area contributed by atoms with E-state index in [1.165, 1.54) is 0 Å². The fraction of sp³-hybridized carbons (Fsp3) is 0.455. The van der Waals surface area contributed by atoms with Crippen LogP contribution in [0.1, 0.15) is 31.9 Å². The Hall–Kier alpha value is -1.42. The quantitative estimate of drug-likeness (QED) is 0.787. The predicted octanol–water partition coefficient (Wildman–Crippen LogP) is 1.58. The van der Waals surface area contributed by atoms with Crippen molar-refractivity contribution in [3.8, 4) is 0 Å². The summed E-state index contributed by atoms with van der Waals surface area (Å²) in [5.41, 5.74) is 6.41. The zero-order valence-corrected chi connectivity index (χ0v) is 8.97. The van der Waals surface area contributed by atoms with Crippen molar-refractivity contribution in [2.75, 3.05) is 0 Å². The molecule has 82 valence electrons. The third-order valence-corrected chi connectivity index (χ3v) is 2.49. The Labute approximate surface area is 89.1 Å². The fourth-order valence-electron chi connectivity index (χ4n) is 1.51. The molecular weight excluding hydrogens is 192 g/mol. The van der Waals surface area contributed by atoms with Crippen LogP contribution in [-0.2, 0) is 4.79 Å². The van der Waals surface area contributed by atoms with Crippen LogP contribution in [0.25, 0.3) is 0 Å². The second-order valence-electron chi connectivity index (χ2n) is 4.32. The lowest BCUT2D eigenvalue weighted by atomic mass is 9.79. The zero-order chi connectivity index (χ0) is 11.5. The van der Waals surface area contributed by atoms with Gasteiger partial charge in [0.05, 0.1) is 6.42 Å². The maximum absolute atomic E-state index is 10.7. The van der Waals surface area contributed by atoms with Crippen molar-refractivity contribution in [2.24, 2.45) is 11.1 Å². The summed E-state index contributed by atoms with van der Waals surface area (Å²) in [5.74, 6) is -0.834. The third kappa shape index (κ3) is 3.02. The van der Waals surface area contributed by atoms with Crippen LogP contribution in [0.15, 0.2) is 24.5 Å². The van der Waals surface area contributed by atoms with Gasteiger partial charge in [0.2, 0.25) is 0 Å². The van der Waals surface area contributed by atoms with Gasteiger partial charge < -0.3 is 10.8 Å². The largest absolute Gasteiger partial charge is 0.481 e. The van der Waals surface area contributed by atoms with E-state index in [1.807, 2.05) is 19.9 Å². The highest BCUT2D eigenvalue weighted by molar-refractivity contribution is 5.67. The summed E-state index contributed by atoms with van der Waals surface area (Å²) in [6.45, 7) is 3.69. The van der Waals surface area contributed by atoms with Crippen LogP contribution >= 0.6 is 0 Å². The molecule has 0 radical (unpaired) electrons. The SMILES string of the molecule is CC(C)(CC(=O)O)C(N)c1cccnc1. The highest BCUT2D eigenvalue weighted by Gasteiger charge is 2.30. The molecule has 1 aromatic rings. The highest BCUT2D eigenvalue weighted by atomic mass is 16.4.